The number of nitrogens with one attached hydrogen (secondary N) is 1. The first-order valence-electron chi connectivity index (χ1n) is 10.2. The van der Waals surface area contributed by atoms with E-state index >= 15 is 0 Å². The number of aromatic nitrogens is 1. The van der Waals surface area contributed by atoms with Crippen molar-refractivity contribution in [3.63, 3.8) is 0 Å². The van der Waals surface area contributed by atoms with Crippen LogP contribution in [0.3, 0.4) is 0 Å². The summed E-state index contributed by atoms with van der Waals surface area (Å²) in [5, 5.41) is 10.9. The van der Waals surface area contributed by atoms with Crippen molar-refractivity contribution >= 4 is 42.4 Å². The van der Waals surface area contributed by atoms with Gasteiger partial charge in [-0.2, -0.15) is 0 Å². The lowest BCUT2D eigenvalue weighted by atomic mass is 10.1. The third-order valence-corrected chi connectivity index (χ3v) is 8.51. The Hall–Kier alpha value is -3.63. The lowest BCUT2D eigenvalue weighted by molar-refractivity contribution is 0.101. The largest absolute Gasteiger partial charge is 0.493 e. The van der Waals surface area contributed by atoms with Gasteiger partial charge in [0.15, 0.2) is 5.78 Å². The Kier molecular flexibility index (Phi) is 5.74. The van der Waals surface area contributed by atoms with Crippen molar-refractivity contribution in [3.8, 4) is 5.88 Å². The summed E-state index contributed by atoms with van der Waals surface area (Å²) < 4.78 is 55.3. The SMILES string of the molecule is CC(=O)c1c(O)n(S(=O)(=O)c2ccc(C)cc2)c2ccc(NS(=O)(=O)c3ccc(C)cc3)cc12. The number of rotatable bonds is 6. The molecule has 34 heavy (non-hydrogen) atoms. The fourth-order valence-electron chi connectivity index (χ4n) is 3.65. The monoisotopic (exact) mass is 498 g/mol. The molecule has 4 rings (SSSR count). The van der Waals surface area contributed by atoms with E-state index in [1.807, 2.05) is 13.8 Å². The maximum atomic E-state index is 13.3. The number of nitrogens with zero attached hydrogens (tertiary/aromatic N) is 1. The van der Waals surface area contributed by atoms with Crippen LogP contribution in [-0.2, 0) is 20.0 Å². The molecule has 0 radical (unpaired) electrons. The molecule has 0 atom stereocenters. The highest BCUT2D eigenvalue weighted by Gasteiger charge is 2.29. The molecule has 1 heterocycles. The van der Waals surface area contributed by atoms with Gasteiger partial charge >= 0.3 is 0 Å². The van der Waals surface area contributed by atoms with Crippen LogP contribution in [0.2, 0.25) is 0 Å². The first-order chi connectivity index (χ1) is 15.9. The van der Waals surface area contributed by atoms with Crippen LogP contribution in [0.5, 0.6) is 5.88 Å². The molecule has 0 aliphatic rings. The third-order valence-electron chi connectivity index (χ3n) is 5.40. The minimum Gasteiger partial charge on any atom is -0.493 e. The Morgan fingerprint density at radius 1 is 0.824 bits per heavy atom. The number of carbonyl (C=O) groups excluding carboxylic acids is 1. The molecule has 0 unspecified atom stereocenters. The number of Topliss-reactive ketones (excluding diaryl/α,β-unsaturated/α-hetero) is 1. The molecule has 0 saturated heterocycles. The molecule has 0 amide bonds. The van der Waals surface area contributed by atoms with Crippen molar-refractivity contribution < 1.29 is 26.7 Å². The third kappa shape index (κ3) is 4.06. The zero-order valence-corrected chi connectivity index (χ0v) is 20.2. The topological polar surface area (TPSA) is 123 Å². The molecule has 0 saturated carbocycles. The number of aromatic hydroxyl groups is 1. The zero-order chi connectivity index (χ0) is 24.8. The van der Waals surface area contributed by atoms with Crippen molar-refractivity contribution in [2.45, 2.75) is 30.6 Å². The molecule has 0 bridgehead atoms. The van der Waals surface area contributed by atoms with Crippen LogP contribution in [0.1, 0.15) is 28.4 Å². The Balaban J connectivity index is 1.87. The summed E-state index contributed by atoms with van der Waals surface area (Å²) in [6, 6.07) is 16.4. The number of sulfonamides is 1. The van der Waals surface area contributed by atoms with E-state index in [2.05, 4.69) is 4.72 Å². The number of anilines is 1. The summed E-state index contributed by atoms with van der Waals surface area (Å²) in [5.74, 6) is -1.31. The predicted molar refractivity (Wildman–Crippen MR) is 129 cm³/mol. The number of fused-ring (bicyclic) bond motifs is 1. The Morgan fingerprint density at radius 2 is 1.35 bits per heavy atom. The summed E-state index contributed by atoms with van der Waals surface area (Å²) in [4.78, 5) is 12.3. The number of hydrogen-bond donors (Lipinski definition) is 2. The number of hydrogen-bond acceptors (Lipinski definition) is 6. The summed E-state index contributed by atoms with van der Waals surface area (Å²) >= 11 is 0. The number of carbonyl (C=O) groups is 1. The first-order valence-corrected chi connectivity index (χ1v) is 13.1. The second kappa shape index (κ2) is 8.30. The van der Waals surface area contributed by atoms with Crippen LogP contribution < -0.4 is 4.72 Å². The molecule has 1 aromatic heterocycles. The van der Waals surface area contributed by atoms with Gasteiger partial charge < -0.3 is 5.11 Å². The van der Waals surface area contributed by atoms with Gasteiger partial charge in [-0.3, -0.25) is 9.52 Å². The normalized spacial score (nSPS) is 12.1. The van der Waals surface area contributed by atoms with Crippen molar-refractivity contribution in [1.29, 1.82) is 0 Å². The van der Waals surface area contributed by atoms with Crippen LogP contribution >= 0.6 is 0 Å². The molecule has 0 fully saturated rings. The molecule has 8 nitrogen and oxygen atoms in total. The molecular weight excluding hydrogens is 476 g/mol. The highest BCUT2D eigenvalue weighted by Crippen LogP contribution is 2.37. The van der Waals surface area contributed by atoms with Crippen molar-refractivity contribution in [2.24, 2.45) is 0 Å². The lowest BCUT2D eigenvalue weighted by Crippen LogP contribution is -2.13. The van der Waals surface area contributed by atoms with Gasteiger partial charge in [-0.15, -0.1) is 0 Å². The highest BCUT2D eigenvalue weighted by atomic mass is 32.2. The van der Waals surface area contributed by atoms with E-state index in [-0.39, 0.29) is 31.9 Å². The highest BCUT2D eigenvalue weighted by molar-refractivity contribution is 7.92. The minimum absolute atomic E-state index is 0.0431. The maximum absolute atomic E-state index is 13.3. The average Bonchev–Trinajstić information content (AvgIpc) is 3.06. The van der Waals surface area contributed by atoms with Crippen molar-refractivity contribution in [2.75, 3.05) is 4.72 Å². The molecule has 0 spiro atoms. The second-order valence-electron chi connectivity index (χ2n) is 7.99. The molecule has 2 N–H and O–H groups in total. The number of ketones is 1. The van der Waals surface area contributed by atoms with E-state index in [0.717, 1.165) is 11.1 Å². The zero-order valence-electron chi connectivity index (χ0n) is 18.6. The van der Waals surface area contributed by atoms with Gasteiger partial charge in [-0.25, -0.2) is 20.8 Å². The summed E-state index contributed by atoms with van der Waals surface area (Å²) in [5.41, 5.74) is 1.69. The van der Waals surface area contributed by atoms with E-state index in [1.165, 1.54) is 49.4 Å². The Morgan fingerprint density at radius 3 is 1.88 bits per heavy atom. The van der Waals surface area contributed by atoms with E-state index in [0.29, 0.717) is 3.97 Å². The van der Waals surface area contributed by atoms with Crippen LogP contribution in [-0.4, -0.2) is 31.7 Å². The first kappa shape index (κ1) is 23.5. The molecule has 4 aromatic rings. The van der Waals surface area contributed by atoms with E-state index in [1.54, 1.807) is 24.3 Å². The van der Waals surface area contributed by atoms with Gasteiger partial charge in [0.25, 0.3) is 20.0 Å². The molecule has 176 valence electrons. The van der Waals surface area contributed by atoms with Gasteiger partial charge in [0.2, 0.25) is 5.88 Å². The van der Waals surface area contributed by atoms with Gasteiger partial charge in [0.05, 0.1) is 20.9 Å². The quantitative estimate of drug-likeness (QED) is 0.384. The van der Waals surface area contributed by atoms with Crippen LogP contribution in [0.4, 0.5) is 5.69 Å². The second-order valence-corrected chi connectivity index (χ2v) is 11.5. The average molecular weight is 499 g/mol. The fraction of sp³-hybridized carbons (Fsp3) is 0.125. The molecule has 10 heteroatoms. The number of benzene rings is 3. The summed E-state index contributed by atoms with van der Waals surface area (Å²) in [6.07, 6.45) is 0. The standard InChI is InChI=1S/C24H22N2O6S2/c1-15-4-9-19(10-5-15)33(29,30)25-18-8-13-22-21(14-18)23(17(3)27)24(28)26(22)34(31,32)20-11-6-16(2)7-12-20/h4-14,25,28H,1-3H3. The van der Waals surface area contributed by atoms with E-state index < -0.39 is 31.7 Å². The molecule has 3 aromatic carbocycles. The van der Waals surface area contributed by atoms with Crippen molar-refractivity contribution in [3.05, 3.63) is 83.4 Å². The van der Waals surface area contributed by atoms with Crippen LogP contribution in [0.25, 0.3) is 10.9 Å². The fourth-order valence-corrected chi connectivity index (χ4v) is 6.13. The summed E-state index contributed by atoms with van der Waals surface area (Å²) in [7, 11) is -8.18. The molecular formula is C24H22N2O6S2. The van der Waals surface area contributed by atoms with Crippen LogP contribution in [0.15, 0.2) is 76.5 Å². The lowest BCUT2D eigenvalue weighted by Gasteiger charge is -2.11. The van der Waals surface area contributed by atoms with E-state index in [4.69, 9.17) is 0 Å². The Bertz CT molecular complexity index is 1630. The Labute approximate surface area is 197 Å². The molecule has 0 aliphatic carbocycles. The van der Waals surface area contributed by atoms with Gasteiger partial charge in [-0.1, -0.05) is 35.4 Å². The van der Waals surface area contributed by atoms with Gasteiger partial charge in [0.1, 0.15) is 0 Å². The van der Waals surface area contributed by atoms with Crippen LogP contribution in [0, 0.1) is 13.8 Å². The number of aryl methyl sites for hydroxylation is 2. The van der Waals surface area contributed by atoms with E-state index in [9.17, 15) is 26.7 Å². The van der Waals surface area contributed by atoms with Crippen molar-refractivity contribution in [1.82, 2.24) is 3.97 Å². The molecule has 0 aliphatic heterocycles. The summed E-state index contributed by atoms with van der Waals surface area (Å²) in [6.45, 7) is 4.84. The smallest absolute Gasteiger partial charge is 0.271 e. The minimum atomic E-state index is -4.24. The van der Waals surface area contributed by atoms with Gasteiger partial charge in [-0.05, 0) is 63.2 Å². The maximum Gasteiger partial charge on any atom is 0.271 e. The van der Waals surface area contributed by atoms with Gasteiger partial charge in [0, 0.05) is 11.1 Å². The predicted octanol–water partition coefficient (Wildman–Crippen LogP) is 4.20.